The molecular weight excluding hydrogens is 278 g/mol. The van der Waals surface area contributed by atoms with Gasteiger partial charge in [-0.15, -0.1) is 0 Å². The van der Waals surface area contributed by atoms with E-state index in [1.165, 1.54) is 18.2 Å². The molecule has 2 rings (SSSR count). The van der Waals surface area contributed by atoms with E-state index in [1.807, 2.05) is 6.07 Å². The summed E-state index contributed by atoms with van der Waals surface area (Å²) < 4.78 is 26.8. The minimum Gasteiger partial charge on any atom is -0.398 e. The molecule has 0 saturated heterocycles. The number of nitriles is 1. The fourth-order valence-corrected chi connectivity index (χ4v) is 2.78. The zero-order chi connectivity index (χ0) is 14.8. The van der Waals surface area contributed by atoms with Crippen LogP contribution in [-0.2, 0) is 16.6 Å². The Kier molecular flexibility index (Phi) is 3.74. The Bertz CT molecular complexity index is 773. The molecule has 4 N–H and O–H groups in total. The van der Waals surface area contributed by atoms with Crippen LogP contribution in [0.2, 0.25) is 0 Å². The topological polar surface area (TPSA) is 125 Å². The Morgan fingerprint density at radius 1 is 1.50 bits per heavy atom. The van der Waals surface area contributed by atoms with Crippen molar-refractivity contribution in [1.82, 2.24) is 14.9 Å². The fourth-order valence-electron chi connectivity index (χ4n) is 1.67. The molecule has 0 saturated carbocycles. The van der Waals surface area contributed by atoms with E-state index in [0.29, 0.717) is 5.56 Å². The molecule has 0 aliphatic rings. The first-order valence-corrected chi connectivity index (χ1v) is 7.20. The first kappa shape index (κ1) is 14.0. The van der Waals surface area contributed by atoms with Crippen LogP contribution in [0.5, 0.6) is 0 Å². The van der Waals surface area contributed by atoms with Crippen LogP contribution in [0.3, 0.4) is 0 Å². The molecule has 0 atom stereocenters. The van der Waals surface area contributed by atoms with Crippen LogP contribution in [-0.4, -0.2) is 18.6 Å². The monoisotopic (exact) mass is 291 g/mol. The summed E-state index contributed by atoms with van der Waals surface area (Å²) in [5, 5.41) is 15.3. The smallest absolute Gasteiger partial charge is 0.242 e. The average Bonchev–Trinajstić information content (AvgIpc) is 2.81. The lowest BCUT2D eigenvalue weighted by atomic mass is 10.2. The second kappa shape index (κ2) is 5.32. The summed E-state index contributed by atoms with van der Waals surface area (Å²) in [5.41, 5.74) is 7.57. The van der Waals surface area contributed by atoms with Crippen LogP contribution in [0, 0.1) is 18.3 Å². The Morgan fingerprint density at radius 2 is 2.25 bits per heavy atom. The summed E-state index contributed by atoms with van der Waals surface area (Å²) in [6.45, 7) is 1.91. The number of H-pyrrole nitrogens is 1. The van der Waals surface area contributed by atoms with Gasteiger partial charge in [-0.2, -0.15) is 10.4 Å². The molecule has 0 aliphatic carbocycles. The molecule has 2 aromatic rings. The highest BCUT2D eigenvalue weighted by molar-refractivity contribution is 7.89. The van der Waals surface area contributed by atoms with E-state index < -0.39 is 10.0 Å². The fraction of sp³-hybridized carbons (Fsp3) is 0.167. The van der Waals surface area contributed by atoms with Gasteiger partial charge in [-0.05, 0) is 25.1 Å². The molecule has 8 heteroatoms. The van der Waals surface area contributed by atoms with Gasteiger partial charge in [0.2, 0.25) is 10.0 Å². The number of benzene rings is 1. The molecule has 0 aliphatic heterocycles. The standard InChI is InChI=1S/C12H13N5O2S/c1-8-10(6-15-17-8)7-16-20(18,19)12-3-2-9(5-13)4-11(12)14/h2-4,6,16H,7,14H2,1H3,(H,15,17). The van der Waals surface area contributed by atoms with E-state index in [4.69, 9.17) is 11.0 Å². The Morgan fingerprint density at radius 3 is 2.80 bits per heavy atom. The molecule has 104 valence electrons. The minimum absolute atomic E-state index is 0.0421. The van der Waals surface area contributed by atoms with E-state index in [-0.39, 0.29) is 17.1 Å². The van der Waals surface area contributed by atoms with Gasteiger partial charge in [0.05, 0.1) is 23.5 Å². The highest BCUT2D eigenvalue weighted by Crippen LogP contribution is 2.19. The van der Waals surface area contributed by atoms with Crippen molar-refractivity contribution >= 4 is 15.7 Å². The molecule has 1 heterocycles. The van der Waals surface area contributed by atoms with Gasteiger partial charge >= 0.3 is 0 Å². The van der Waals surface area contributed by atoms with Crippen LogP contribution in [0.15, 0.2) is 29.3 Å². The third kappa shape index (κ3) is 2.79. The largest absolute Gasteiger partial charge is 0.398 e. The number of aryl methyl sites for hydroxylation is 1. The van der Waals surface area contributed by atoms with Gasteiger partial charge in [-0.3, -0.25) is 5.10 Å². The predicted molar refractivity (Wildman–Crippen MR) is 72.9 cm³/mol. The summed E-state index contributed by atoms with van der Waals surface area (Å²) in [7, 11) is -3.73. The zero-order valence-corrected chi connectivity index (χ0v) is 11.5. The van der Waals surface area contributed by atoms with Gasteiger partial charge in [0, 0.05) is 17.8 Å². The van der Waals surface area contributed by atoms with Crippen molar-refractivity contribution in [2.24, 2.45) is 0 Å². The number of hydrogen-bond acceptors (Lipinski definition) is 5. The average molecular weight is 291 g/mol. The molecule has 7 nitrogen and oxygen atoms in total. The van der Waals surface area contributed by atoms with Crippen molar-refractivity contribution in [2.45, 2.75) is 18.4 Å². The summed E-state index contributed by atoms with van der Waals surface area (Å²) in [4.78, 5) is -0.0438. The third-order valence-electron chi connectivity index (χ3n) is 2.82. The number of aromatic amines is 1. The molecular formula is C12H13N5O2S. The lowest BCUT2D eigenvalue weighted by molar-refractivity contribution is 0.581. The van der Waals surface area contributed by atoms with Gasteiger partial charge < -0.3 is 5.73 Å². The van der Waals surface area contributed by atoms with E-state index in [2.05, 4.69) is 14.9 Å². The number of hydrogen-bond donors (Lipinski definition) is 3. The molecule has 1 aromatic heterocycles. The number of rotatable bonds is 4. The highest BCUT2D eigenvalue weighted by Gasteiger charge is 2.18. The van der Waals surface area contributed by atoms with Crippen molar-refractivity contribution in [1.29, 1.82) is 5.26 Å². The quantitative estimate of drug-likeness (QED) is 0.713. The number of nitrogens with two attached hydrogens (primary N) is 1. The van der Waals surface area contributed by atoms with E-state index >= 15 is 0 Å². The summed E-state index contributed by atoms with van der Waals surface area (Å²) >= 11 is 0. The molecule has 0 bridgehead atoms. The molecule has 0 amide bonds. The maximum atomic E-state index is 12.2. The molecule has 1 aromatic carbocycles. The maximum absolute atomic E-state index is 12.2. The summed E-state index contributed by atoms with van der Waals surface area (Å²) in [5.74, 6) is 0. The molecule has 0 unspecified atom stereocenters. The Hall–Kier alpha value is -2.37. The summed E-state index contributed by atoms with van der Waals surface area (Å²) in [6, 6.07) is 5.96. The van der Waals surface area contributed by atoms with Crippen LogP contribution < -0.4 is 10.5 Å². The summed E-state index contributed by atoms with van der Waals surface area (Å²) in [6.07, 6.45) is 1.56. The Balaban J connectivity index is 2.23. The van der Waals surface area contributed by atoms with Crippen LogP contribution in [0.25, 0.3) is 0 Å². The van der Waals surface area contributed by atoms with Crippen molar-refractivity contribution in [3.05, 3.63) is 41.2 Å². The van der Waals surface area contributed by atoms with Crippen LogP contribution in [0.4, 0.5) is 5.69 Å². The molecule has 0 spiro atoms. The number of aromatic nitrogens is 2. The van der Waals surface area contributed by atoms with Gasteiger partial charge in [-0.25, -0.2) is 13.1 Å². The maximum Gasteiger partial charge on any atom is 0.242 e. The molecule has 0 radical (unpaired) electrons. The minimum atomic E-state index is -3.73. The first-order chi connectivity index (χ1) is 9.44. The zero-order valence-electron chi connectivity index (χ0n) is 10.7. The number of sulfonamides is 1. The SMILES string of the molecule is Cc1[nH]ncc1CNS(=O)(=O)c1ccc(C#N)cc1N. The number of nitrogen functional groups attached to an aromatic ring is 1. The molecule has 20 heavy (non-hydrogen) atoms. The number of anilines is 1. The van der Waals surface area contributed by atoms with E-state index in [9.17, 15) is 8.42 Å². The van der Waals surface area contributed by atoms with Crippen LogP contribution >= 0.6 is 0 Å². The van der Waals surface area contributed by atoms with Crippen molar-refractivity contribution < 1.29 is 8.42 Å². The van der Waals surface area contributed by atoms with Crippen molar-refractivity contribution in [2.75, 3.05) is 5.73 Å². The highest BCUT2D eigenvalue weighted by atomic mass is 32.2. The third-order valence-corrected chi connectivity index (χ3v) is 4.29. The first-order valence-electron chi connectivity index (χ1n) is 5.72. The Labute approximate surface area is 116 Å². The number of nitrogens with one attached hydrogen (secondary N) is 2. The predicted octanol–water partition coefficient (Wildman–Crippen LogP) is 0.651. The lowest BCUT2D eigenvalue weighted by Gasteiger charge is -2.09. The van der Waals surface area contributed by atoms with Gasteiger partial charge in [0.1, 0.15) is 4.90 Å². The van der Waals surface area contributed by atoms with Gasteiger partial charge in [-0.1, -0.05) is 0 Å². The van der Waals surface area contributed by atoms with E-state index in [0.717, 1.165) is 11.3 Å². The van der Waals surface area contributed by atoms with E-state index in [1.54, 1.807) is 13.1 Å². The lowest BCUT2D eigenvalue weighted by Crippen LogP contribution is -2.24. The van der Waals surface area contributed by atoms with Crippen molar-refractivity contribution in [3.8, 4) is 6.07 Å². The normalized spacial score (nSPS) is 11.2. The second-order valence-corrected chi connectivity index (χ2v) is 5.94. The van der Waals surface area contributed by atoms with Gasteiger partial charge in [0.25, 0.3) is 0 Å². The van der Waals surface area contributed by atoms with Gasteiger partial charge in [0.15, 0.2) is 0 Å². The van der Waals surface area contributed by atoms with Crippen molar-refractivity contribution in [3.63, 3.8) is 0 Å². The number of nitrogens with zero attached hydrogens (tertiary/aromatic N) is 2. The molecule has 0 fully saturated rings. The van der Waals surface area contributed by atoms with Crippen LogP contribution in [0.1, 0.15) is 16.8 Å². The second-order valence-electron chi connectivity index (χ2n) is 4.21.